The van der Waals surface area contributed by atoms with Crippen molar-refractivity contribution in [3.05, 3.63) is 0 Å². The largest absolute Gasteiger partial charge is 0.443 e. The van der Waals surface area contributed by atoms with Crippen LogP contribution in [-0.2, 0) is 4.74 Å². The molecule has 0 bridgehead atoms. The van der Waals surface area contributed by atoms with Crippen molar-refractivity contribution in [2.24, 2.45) is 4.99 Å². The van der Waals surface area contributed by atoms with Crippen LogP contribution in [-0.4, -0.2) is 40.1 Å². The highest BCUT2D eigenvalue weighted by Gasteiger charge is 2.54. The summed E-state index contributed by atoms with van der Waals surface area (Å²) < 4.78 is 5.48. The smallest absolute Gasteiger partial charge is 0.416 e. The Bertz CT molecular complexity index is 356. The minimum absolute atomic E-state index is 0.0163. The number of thioether (sulfide) groups is 1. The molecule has 4 nitrogen and oxygen atoms in total. The molecule has 1 spiro atoms. The minimum atomic E-state index is -0.450. The van der Waals surface area contributed by atoms with Crippen molar-refractivity contribution in [1.29, 1.82) is 0 Å². The lowest BCUT2D eigenvalue weighted by Gasteiger charge is -2.36. The first-order chi connectivity index (χ1) is 7.88. The molecule has 1 aliphatic heterocycles. The van der Waals surface area contributed by atoms with E-state index in [1.807, 2.05) is 27.0 Å². The Hall–Kier alpha value is -0.710. The summed E-state index contributed by atoms with van der Waals surface area (Å²) >= 11 is 1.53. The van der Waals surface area contributed by atoms with E-state index in [0.717, 1.165) is 31.0 Å². The van der Waals surface area contributed by atoms with Gasteiger partial charge in [-0.05, 0) is 46.3 Å². The summed E-state index contributed by atoms with van der Waals surface area (Å²) in [5, 5.41) is 0.808. The Kier molecular flexibility index (Phi) is 3.14. The third-order valence-electron chi connectivity index (χ3n) is 3.08. The Morgan fingerprint density at radius 2 is 2.06 bits per heavy atom. The number of hydrogen-bond donors (Lipinski definition) is 0. The van der Waals surface area contributed by atoms with Gasteiger partial charge in [-0.15, -0.1) is 0 Å². The van der Waals surface area contributed by atoms with Crippen LogP contribution in [0.5, 0.6) is 0 Å². The number of hydrogen-bond acceptors (Lipinski definition) is 4. The molecule has 0 unspecified atom stereocenters. The van der Waals surface area contributed by atoms with E-state index in [9.17, 15) is 4.79 Å². The van der Waals surface area contributed by atoms with E-state index in [4.69, 9.17) is 4.74 Å². The lowest BCUT2D eigenvalue weighted by Crippen LogP contribution is -2.50. The Balaban J connectivity index is 2.18. The molecule has 0 aromatic heterocycles. The van der Waals surface area contributed by atoms with Gasteiger partial charge in [0.15, 0.2) is 5.17 Å². The maximum Gasteiger partial charge on any atom is 0.416 e. The summed E-state index contributed by atoms with van der Waals surface area (Å²) in [4.78, 5) is 18.5. The number of ether oxygens (including phenoxy) is 1. The van der Waals surface area contributed by atoms with Gasteiger partial charge in [0.2, 0.25) is 0 Å². The molecular weight excluding hydrogens is 236 g/mol. The molecule has 5 heteroatoms. The van der Waals surface area contributed by atoms with Crippen molar-refractivity contribution in [3.8, 4) is 0 Å². The average Bonchev–Trinajstić information content (AvgIpc) is 2.95. The molecular formula is C12H20N2O2S. The van der Waals surface area contributed by atoms with Crippen molar-refractivity contribution in [1.82, 2.24) is 4.90 Å². The number of rotatable bonds is 0. The lowest BCUT2D eigenvalue weighted by molar-refractivity contribution is 0.0282. The van der Waals surface area contributed by atoms with E-state index in [1.165, 1.54) is 11.8 Å². The summed E-state index contributed by atoms with van der Waals surface area (Å²) in [6, 6.07) is 0. The molecule has 0 saturated heterocycles. The normalized spacial score (nSPS) is 22.4. The van der Waals surface area contributed by atoms with Gasteiger partial charge in [0.25, 0.3) is 0 Å². The summed E-state index contributed by atoms with van der Waals surface area (Å²) in [6.45, 7) is 6.51. The Morgan fingerprint density at radius 3 is 2.53 bits per heavy atom. The quantitative estimate of drug-likeness (QED) is 0.669. The van der Waals surface area contributed by atoms with Crippen LogP contribution < -0.4 is 0 Å². The van der Waals surface area contributed by atoms with Gasteiger partial charge < -0.3 is 4.74 Å². The standard InChI is InChI=1S/C12H20N2O2S/c1-11(2,3)16-10(15)14-9(17-4)13-8-7-12(14)5-6-12/h5-8H2,1-4H3. The van der Waals surface area contributed by atoms with E-state index in [-0.39, 0.29) is 11.6 Å². The van der Waals surface area contributed by atoms with Crippen LogP contribution in [0.4, 0.5) is 4.79 Å². The van der Waals surface area contributed by atoms with E-state index in [0.29, 0.717) is 0 Å². The second kappa shape index (κ2) is 4.19. The van der Waals surface area contributed by atoms with Crippen molar-refractivity contribution in [3.63, 3.8) is 0 Å². The predicted octanol–water partition coefficient (Wildman–Crippen LogP) is 2.88. The average molecular weight is 256 g/mol. The molecule has 17 heavy (non-hydrogen) atoms. The fraction of sp³-hybridized carbons (Fsp3) is 0.833. The number of nitrogens with zero attached hydrogens (tertiary/aromatic N) is 2. The highest BCUT2D eigenvalue weighted by Crippen LogP contribution is 2.48. The zero-order valence-electron chi connectivity index (χ0n) is 10.9. The van der Waals surface area contributed by atoms with Gasteiger partial charge >= 0.3 is 6.09 Å². The van der Waals surface area contributed by atoms with Crippen LogP contribution in [0.3, 0.4) is 0 Å². The highest BCUT2D eigenvalue weighted by molar-refractivity contribution is 8.13. The maximum absolute atomic E-state index is 12.2. The number of carbonyl (C=O) groups is 1. The van der Waals surface area contributed by atoms with Crippen molar-refractivity contribution in [2.45, 2.75) is 51.2 Å². The van der Waals surface area contributed by atoms with Crippen molar-refractivity contribution < 1.29 is 9.53 Å². The molecule has 0 radical (unpaired) electrons. The number of amidine groups is 1. The van der Waals surface area contributed by atoms with Crippen LogP contribution in [0.15, 0.2) is 4.99 Å². The van der Waals surface area contributed by atoms with Gasteiger partial charge in [0.05, 0.1) is 5.54 Å². The topological polar surface area (TPSA) is 41.9 Å². The second-order valence-electron chi connectivity index (χ2n) is 5.66. The first-order valence-electron chi connectivity index (χ1n) is 6.00. The molecule has 0 aromatic rings. The SMILES string of the molecule is CSC1=NCCC2(CC2)N1C(=O)OC(C)(C)C. The second-order valence-corrected chi connectivity index (χ2v) is 6.43. The third kappa shape index (κ3) is 2.59. The maximum atomic E-state index is 12.2. The molecule has 1 aliphatic carbocycles. The first-order valence-corrected chi connectivity index (χ1v) is 7.22. The van der Waals surface area contributed by atoms with Gasteiger partial charge in [-0.3, -0.25) is 9.89 Å². The van der Waals surface area contributed by atoms with Crippen LogP contribution in [0.2, 0.25) is 0 Å². The summed E-state index contributed by atoms with van der Waals surface area (Å²) in [7, 11) is 0. The van der Waals surface area contributed by atoms with Crippen molar-refractivity contribution in [2.75, 3.05) is 12.8 Å². The zero-order valence-corrected chi connectivity index (χ0v) is 11.8. The van der Waals surface area contributed by atoms with E-state index in [2.05, 4.69) is 4.99 Å². The molecule has 0 aromatic carbocycles. The van der Waals surface area contributed by atoms with E-state index < -0.39 is 5.60 Å². The predicted molar refractivity (Wildman–Crippen MR) is 70.5 cm³/mol. The monoisotopic (exact) mass is 256 g/mol. The van der Waals surface area contributed by atoms with Crippen LogP contribution in [0.25, 0.3) is 0 Å². The number of amides is 1. The zero-order chi connectivity index (χ0) is 12.7. The summed E-state index contributed by atoms with van der Waals surface area (Å²) in [6.07, 6.45) is 4.83. The van der Waals surface area contributed by atoms with Gasteiger partial charge in [-0.1, -0.05) is 11.8 Å². The summed E-state index contributed by atoms with van der Waals surface area (Å²) in [5.74, 6) is 0. The molecule has 1 amide bonds. The summed E-state index contributed by atoms with van der Waals surface area (Å²) in [5.41, 5.74) is -0.434. The van der Waals surface area contributed by atoms with E-state index >= 15 is 0 Å². The molecule has 2 aliphatic rings. The first kappa shape index (κ1) is 12.7. The fourth-order valence-electron chi connectivity index (χ4n) is 2.10. The molecule has 0 atom stereocenters. The highest BCUT2D eigenvalue weighted by atomic mass is 32.2. The third-order valence-corrected chi connectivity index (χ3v) is 3.75. The Labute approximate surface area is 107 Å². The lowest BCUT2D eigenvalue weighted by atomic mass is 10.1. The molecule has 1 heterocycles. The fourth-order valence-corrected chi connectivity index (χ4v) is 2.77. The minimum Gasteiger partial charge on any atom is -0.443 e. The van der Waals surface area contributed by atoms with Gasteiger partial charge in [-0.25, -0.2) is 4.79 Å². The van der Waals surface area contributed by atoms with Crippen LogP contribution in [0, 0.1) is 0 Å². The van der Waals surface area contributed by atoms with E-state index in [1.54, 1.807) is 4.90 Å². The van der Waals surface area contributed by atoms with Gasteiger partial charge in [0.1, 0.15) is 5.60 Å². The van der Waals surface area contributed by atoms with Crippen LogP contribution in [0.1, 0.15) is 40.0 Å². The molecule has 0 N–H and O–H groups in total. The van der Waals surface area contributed by atoms with Gasteiger partial charge in [-0.2, -0.15) is 0 Å². The van der Waals surface area contributed by atoms with Crippen molar-refractivity contribution >= 4 is 23.0 Å². The Morgan fingerprint density at radius 1 is 1.41 bits per heavy atom. The molecule has 1 saturated carbocycles. The molecule has 1 fully saturated rings. The number of carbonyl (C=O) groups excluding carboxylic acids is 1. The number of aliphatic imine (C=N–C) groups is 1. The molecule has 96 valence electrons. The molecule has 2 rings (SSSR count). The van der Waals surface area contributed by atoms with Crippen LogP contribution >= 0.6 is 11.8 Å². The van der Waals surface area contributed by atoms with Gasteiger partial charge in [0, 0.05) is 6.54 Å².